The first-order chi connectivity index (χ1) is 12.3. The summed E-state index contributed by atoms with van der Waals surface area (Å²) >= 11 is 0. The highest BCUT2D eigenvalue weighted by Crippen LogP contribution is 2.29. The van der Waals surface area contributed by atoms with Crippen LogP contribution in [0.15, 0.2) is 42.7 Å². The quantitative estimate of drug-likeness (QED) is 0.747. The number of fused-ring (bicyclic) bond motifs is 1. The number of phenolic OH excluding ortho intramolecular Hbond substituents is 1. The van der Waals surface area contributed by atoms with E-state index < -0.39 is 17.6 Å². The van der Waals surface area contributed by atoms with Crippen LogP contribution in [0.2, 0.25) is 0 Å². The summed E-state index contributed by atoms with van der Waals surface area (Å²) in [6, 6.07) is 7.56. The number of carbonyl (C=O) groups is 1. The zero-order chi connectivity index (χ0) is 18.9. The van der Waals surface area contributed by atoms with Crippen molar-refractivity contribution in [3.63, 3.8) is 0 Å². The maximum Gasteiger partial charge on any atom is 0.416 e. The number of halogens is 3. The molecule has 26 heavy (non-hydrogen) atoms. The highest BCUT2D eigenvalue weighted by Gasteiger charge is 2.29. The number of carbonyl (C=O) groups excluding carboxylic acids is 1. The van der Waals surface area contributed by atoms with Crippen molar-refractivity contribution in [2.75, 3.05) is 0 Å². The average Bonchev–Trinajstić information content (AvgIpc) is 2.58. The van der Waals surface area contributed by atoms with Gasteiger partial charge in [0.2, 0.25) is 0 Å². The van der Waals surface area contributed by atoms with Crippen molar-refractivity contribution in [1.82, 2.24) is 9.97 Å². The fraction of sp³-hybridized carbons (Fsp3) is 0.167. The number of nitrogens with two attached hydrogens (primary N) is 1. The number of hydrogen-bond acceptors (Lipinski definition) is 4. The minimum absolute atomic E-state index is 0.0816. The van der Waals surface area contributed by atoms with Gasteiger partial charge in [-0.25, -0.2) is 9.97 Å². The van der Waals surface area contributed by atoms with Crippen molar-refractivity contribution in [3.05, 3.63) is 65.1 Å². The van der Waals surface area contributed by atoms with Crippen LogP contribution in [0, 0.1) is 0 Å². The lowest BCUT2D eigenvalue weighted by atomic mass is 10.0. The predicted molar refractivity (Wildman–Crippen MR) is 88.6 cm³/mol. The zero-order valence-corrected chi connectivity index (χ0v) is 13.4. The Morgan fingerprint density at radius 2 is 1.77 bits per heavy atom. The van der Waals surface area contributed by atoms with Crippen molar-refractivity contribution < 1.29 is 23.1 Å². The zero-order valence-electron chi connectivity index (χ0n) is 13.4. The van der Waals surface area contributed by atoms with Gasteiger partial charge in [0.25, 0.3) is 5.91 Å². The van der Waals surface area contributed by atoms with Gasteiger partial charge in [-0.1, -0.05) is 12.1 Å². The van der Waals surface area contributed by atoms with Gasteiger partial charge in [0.05, 0.1) is 22.3 Å². The lowest BCUT2D eigenvalue weighted by molar-refractivity contribution is -0.137. The first-order valence-electron chi connectivity index (χ1n) is 7.68. The number of rotatable bonds is 4. The van der Waals surface area contributed by atoms with Gasteiger partial charge in [0, 0.05) is 5.39 Å². The largest absolute Gasteiger partial charge is 0.508 e. The Hall–Kier alpha value is -3.16. The molecule has 0 radical (unpaired) electrons. The maximum atomic E-state index is 12.6. The average molecular weight is 361 g/mol. The van der Waals surface area contributed by atoms with Crippen molar-refractivity contribution in [2.45, 2.75) is 19.0 Å². The Bertz CT molecular complexity index is 970. The van der Waals surface area contributed by atoms with E-state index in [-0.39, 0.29) is 11.3 Å². The van der Waals surface area contributed by atoms with Crippen molar-refractivity contribution >= 4 is 16.8 Å². The molecule has 0 aliphatic carbocycles. The minimum atomic E-state index is -4.37. The number of amides is 1. The third-order valence-electron chi connectivity index (χ3n) is 4.00. The fourth-order valence-corrected chi connectivity index (χ4v) is 2.71. The molecule has 0 fully saturated rings. The van der Waals surface area contributed by atoms with Crippen LogP contribution in [0.25, 0.3) is 10.9 Å². The van der Waals surface area contributed by atoms with Crippen LogP contribution in [0.1, 0.15) is 27.2 Å². The molecule has 0 atom stereocenters. The Kier molecular flexibility index (Phi) is 4.50. The standard InChI is InChI=1S/C18H14F3N3O2/c19-18(20,21)11-4-1-10(2-5-11)3-6-15-13-7-12(25)8-14(17(22)26)16(13)24-9-23-15/h1-2,4-5,7-9,25H,3,6H2,(H2,22,26). The molecular weight excluding hydrogens is 347 g/mol. The number of benzene rings is 2. The molecule has 0 bridgehead atoms. The summed E-state index contributed by atoms with van der Waals surface area (Å²) in [5.74, 6) is -0.866. The van der Waals surface area contributed by atoms with Crippen molar-refractivity contribution in [3.8, 4) is 5.75 Å². The lowest BCUT2D eigenvalue weighted by Gasteiger charge is -2.09. The van der Waals surface area contributed by atoms with Crippen LogP contribution in [0.5, 0.6) is 5.75 Å². The number of primary amides is 1. The second-order valence-electron chi connectivity index (χ2n) is 5.77. The maximum absolute atomic E-state index is 12.6. The number of alkyl halides is 3. The first kappa shape index (κ1) is 17.7. The highest BCUT2D eigenvalue weighted by atomic mass is 19.4. The smallest absolute Gasteiger partial charge is 0.416 e. The number of aromatic nitrogens is 2. The van der Waals surface area contributed by atoms with Crippen LogP contribution in [0.3, 0.4) is 0 Å². The number of nitrogens with zero attached hydrogens (tertiary/aromatic N) is 2. The van der Waals surface area contributed by atoms with Crippen LogP contribution in [0.4, 0.5) is 13.2 Å². The molecule has 0 saturated heterocycles. The summed E-state index contributed by atoms with van der Waals surface area (Å²) in [4.78, 5) is 19.7. The van der Waals surface area contributed by atoms with Crippen molar-refractivity contribution in [1.29, 1.82) is 0 Å². The highest BCUT2D eigenvalue weighted by molar-refractivity contribution is 6.05. The molecule has 0 unspecified atom stereocenters. The van der Waals surface area contributed by atoms with Gasteiger partial charge in [-0.2, -0.15) is 13.2 Å². The summed E-state index contributed by atoms with van der Waals surface area (Å²) < 4.78 is 37.8. The summed E-state index contributed by atoms with van der Waals surface area (Å²) in [5.41, 5.74) is 6.29. The summed E-state index contributed by atoms with van der Waals surface area (Å²) in [5, 5.41) is 10.3. The van der Waals surface area contributed by atoms with Crippen LogP contribution < -0.4 is 5.73 Å². The van der Waals surface area contributed by atoms with Gasteiger partial charge in [0.15, 0.2) is 0 Å². The SMILES string of the molecule is NC(=O)c1cc(O)cc2c(CCc3ccc(C(F)(F)F)cc3)ncnc12. The van der Waals surface area contributed by atoms with Crippen LogP contribution >= 0.6 is 0 Å². The fourth-order valence-electron chi connectivity index (χ4n) is 2.71. The molecule has 2 aromatic carbocycles. The summed E-state index contributed by atoms with van der Waals surface area (Å²) in [6.45, 7) is 0. The van der Waals surface area contributed by atoms with E-state index in [2.05, 4.69) is 9.97 Å². The first-order valence-corrected chi connectivity index (χ1v) is 7.68. The molecule has 3 rings (SSSR count). The topological polar surface area (TPSA) is 89.1 Å². The van der Waals surface area contributed by atoms with Gasteiger partial charge in [-0.15, -0.1) is 0 Å². The molecule has 1 amide bonds. The number of aryl methyl sites for hydroxylation is 2. The van der Waals surface area contributed by atoms with Gasteiger partial charge >= 0.3 is 6.18 Å². The molecule has 1 aromatic heterocycles. The van der Waals surface area contributed by atoms with Gasteiger partial charge in [-0.3, -0.25) is 4.79 Å². The molecule has 3 aromatic rings. The van der Waals surface area contributed by atoms with Crippen LogP contribution in [-0.4, -0.2) is 21.0 Å². The molecule has 0 spiro atoms. The number of phenols is 1. The Morgan fingerprint density at radius 1 is 1.08 bits per heavy atom. The van der Waals surface area contributed by atoms with E-state index in [9.17, 15) is 23.1 Å². The summed E-state index contributed by atoms with van der Waals surface area (Å²) in [7, 11) is 0. The molecule has 0 aliphatic heterocycles. The van der Waals surface area contributed by atoms with E-state index >= 15 is 0 Å². The van der Waals surface area contributed by atoms with Crippen molar-refractivity contribution in [2.24, 2.45) is 5.73 Å². The Balaban J connectivity index is 1.89. The predicted octanol–water partition coefficient (Wildman–Crippen LogP) is 3.24. The van der Waals surface area contributed by atoms with E-state index in [4.69, 9.17) is 5.73 Å². The second kappa shape index (κ2) is 6.62. The third kappa shape index (κ3) is 3.58. The number of hydrogen-bond donors (Lipinski definition) is 2. The van der Waals surface area contributed by atoms with E-state index in [1.165, 1.54) is 30.6 Å². The van der Waals surface area contributed by atoms with E-state index in [1.54, 1.807) is 0 Å². The molecule has 134 valence electrons. The molecule has 3 N–H and O–H groups in total. The molecule has 1 heterocycles. The number of aromatic hydroxyl groups is 1. The molecular formula is C18H14F3N3O2. The molecule has 0 aliphatic rings. The Labute approximate surface area is 146 Å². The second-order valence-corrected chi connectivity index (χ2v) is 5.77. The lowest BCUT2D eigenvalue weighted by Crippen LogP contribution is -2.12. The van der Waals surface area contributed by atoms with E-state index in [1.807, 2.05) is 0 Å². The van der Waals surface area contributed by atoms with Gasteiger partial charge in [0.1, 0.15) is 12.1 Å². The molecule has 8 heteroatoms. The van der Waals surface area contributed by atoms with E-state index in [0.717, 1.165) is 12.1 Å². The monoisotopic (exact) mass is 361 g/mol. The van der Waals surface area contributed by atoms with E-state index in [0.29, 0.717) is 35.0 Å². The molecule has 0 saturated carbocycles. The van der Waals surface area contributed by atoms with Gasteiger partial charge in [-0.05, 0) is 42.7 Å². The normalized spacial score (nSPS) is 11.7. The summed E-state index contributed by atoms with van der Waals surface area (Å²) in [6.07, 6.45) is -2.25. The third-order valence-corrected chi connectivity index (χ3v) is 4.00. The van der Waals surface area contributed by atoms with Crippen LogP contribution in [-0.2, 0) is 19.0 Å². The Morgan fingerprint density at radius 3 is 2.38 bits per heavy atom. The van der Waals surface area contributed by atoms with Gasteiger partial charge < -0.3 is 10.8 Å². The minimum Gasteiger partial charge on any atom is -0.508 e. The molecule has 5 nitrogen and oxygen atoms in total.